The smallest absolute Gasteiger partial charge is 0.319 e. The largest absolute Gasteiger partial charge is 0.480 e. The highest BCUT2D eigenvalue weighted by Gasteiger charge is 2.29. The van der Waals surface area contributed by atoms with Crippen molar-refractivity contribution < 1.29 is 9.90 Å². The molecule has 0 fully saturated rings. The van der Waals surface area contributed by atoms with Crippen LogP contribution in [0.1, 0.15) is 13.8 Å². The van der Waals surface area contributed by atoms with Gasteiger partial charge in [0.05, 0.1) is 12.4 Å². The summed E-state index contributed by atoms with van der Waals surface area (Å²) in [6.45, 7) is 3.20. The third-order valence-electron chi connectivity index (χ3n) is 1.46. The van der Waals surface area contributed by atoms with Crippen molar-refractivity contribution in [3.8, 4) is 0 Å². The SMILES string of the molecule is CC(C)(Sc1cncc(Cl)n1)C(=O)O. The molecule has 0 radical (unpaired) electrons. The lowest BCUT2D eigenvalue weighted by molar-refractivity contribution is -0.138. The Balaban J connectivity index is 2.83. The van der Waals surface area contributed by atoms with Gasteiger partial charge in [0, 0.05) is 0 Å². The number of hydrogen-bond acceptors (Lipinski definition) is 4. The summed E-state index contributed by atoms with van der Waals surface area (Å²) in [5.41, 5.74) is 0. The van der Waals surface area contributed by atoms with Gasteiger partial charge in [0.2, 0.25) is 0 Å². The summed E-state index contributed by atoms with van der Waals surface area (Å²) in [7, 11) is 0. The molecule has 0 saturated heterocycles. The van der Waals surface area contributed by atoms with E-state index in [0.29, 0.717) is 5.03 Å². The molecule has 0 spiro atoms. The zero-order chi connectivity index (χ0) is 10.8. The average Bonchev–Trinajstić information content (AvgIpc) is 2.02. The Kier molecular flexibility index (Phi) is 3.34. The zero-order valence-electron chi connectivity index (χ0n) is 7.69. The van der Waals surface area contributed by atoms with Crippen molar-refractivity contribution >= 4 is 29.3 Å². The monoisotopic (exact) mass is 232 g/mol. The summed E-state index contributed by atoms with van der Waals surface area (Å²) in [5, 5.41) is 9.63. The average molecular weight is 233 g/mol. The highest BCUT2D eigenvalue weighted by atomic mass is 35.5. The van der Waals surface area contributed by atoms with Crippen molar-refractivity contribution in [1.29, 1.82) is 0 Å². The number of thioether (sulfide) groups is 1. The van der Waals surface area contributed by atoms with Crippen LogP contribution in [0.5, 0.6) is 0 Å². The molecule has 1 heterocycles. The molecule has 0 aliphatic rings. The molecule has 0 atom stereocenters. The lowest BCUT2D eigenvalue weighted by atomic mass is 10.2. The van der Waals surface area contributed by atoms with Gasteiger partial charge in [0.15, 0.2) is 0 Å². The molecular formula is C8H9ClN2O2S. The Hall–Kier alpha value is -0.810. The van der Waals surface area contributed by atoms with Gasteiger partial charge in [-0.05, 0) is 13.8 Å². The molecule has 1 aromatic rings. The molecule has 6 heteroatoms. The summed E-state index contributed by atoms with van der Waals surface area (Å²) >= 11 is 6.73. The lowest BCUT2D eigenvalue weighted by Gasteiger charge is -2.16. The Morgan fingerprint density at radius 2 is 2.21 bits per heavy atom. The van der Waals surface area contributed by atoms with E-state index in [1.807, 2.05) is 0 Å². The minimum atomic E-state index is -0.931. The van der Waals surface area contributed by atoms with Gasteiger partial charge in [0.25, 0.3) is 0 Å². The van der Waals surface area contributed by atoms with Crippen LogP contribution in [0.3, 0.4) is 0 Å². The van der Waals surface area contributed by atoms with Gasteiger partial charge >= 0.3 is 5.97 Å². The highest BCUT2D eigenvalue weighted by Crippen LogP contribution is 2.31. The van der Waals surface area contributed by atoms with Gasteiger partial charge in [-0.2, -0.15) is 0 Å². The van der Waals surface area contributed by atoms with E-state index in [0.717, 1.165) is 11.8 Å². The second-order valence-corrected chi connectivity index (χ2v) is 5.13. The zero-order valence-corrected chi connectivity index (χ0v) is 9.26. The van der Waals surface area contributed by atoms with Crippen molar-refractivity contribution in [3.05, 3.63) is 17.5 Å². The minimum absolute atomic E-state index is 0.260. The molecule has 0 unspecified atom stereocenters. The molecule has 1 rings (SSSR count). The molecule has 0 aliphatic carbocycles. The van der Waals surface area contributed by atoms with E-state index >= 15 is 0 Å². The topological polar surface area (TPSA) is 63.1 Å². The standard InChI is InChI=1S/C8H9ClN2O2S/c1-8(2,7(12)13)14-6-4-10-3-5(9)11-6/h3-4H,1-2H3,(H,12,13). The molecular weight excluding hydrogens is 224 g/mol. The first-order valence-corrected chi connectivity index (χ1v) is 5.01. The number of carboxylic acid groups (broad SMARTS) is 1. The predicted octanol–water partition coefficient (Wildman–Crippen LogP) is 2.09. The minimum Gasteiger partial charge on any atom is -0.480 e. The number of aromatic nitrogens is 2. The molecule has 14 heavy (non-hydrogen) atoms. The summed E-state index contributed by atoms with van der Waals surface area (Å²) in [5.74, 6) is -0.899. The van der Waals surface area contributed by atoms with Crippen molar-refractivity contribution in [2.45, 2.75) is 23.6 Å². The Labute approximate surface area is 90.7 Å². The maximum absolute atomic E-state index is 10.8. The Bertz CT molecular complexity index is 357. The number of hydrogen-bond donors (Lipinski definition) is 1. The number of halogens is 1. The molecule has 0 bridgehead atoms. The van der Waals surface area contributed by atoms with Gasteiger partial charge < -0.3 is 5.11 Å². The van der Waals surface area contributed by atoms with Crippen molar-refractivity contribution in [2.75, 3.05) is 0 Å². The predicted molar refractivity (Wildman–Crippen MR) is 54.6 cm³/mol. The van der Waals surface area contributed by atoms with Crippen LogP contribution < -0.4 is 0 Å². The van der Waals surface area contributed by atoms with Crippen LogP contribution in [-0.4, -0.2) is 25.8 Å². The van der Waals surface area contributed by atoms with Crippen LogP contribution in [0, 0.1) is 0 Å². The van der Waals surface area contributed by atoms with E-state index in [1.54, 1.807) is 13.8 Å². The van der Waals surface area contributed by atoms with Gasteiger partial charge in [0.1, 0.15) is 14.9 Å². The number of rotatable bonds is 3. The number of carbonyl (C=O) groups is 1. The Morgan fingerprint density at radius 1 is 1.57 bits per heavy atom. The third kappa shape index (κ3) is 2.85. The van der Waals surface area contributed by atoms with Crippen LogP contribution in [0.15, 0.2) is 17.4 Å². The second kappa shape index (κ2) is 4.14. The van der Waals surface area contributed by atoms with E-state index in [9.17, 15) is 4.79 Å². The van der Waals surface area contributed by atoms with E-state index < -0.39 is 10.7 Å². The van der Waals surface area contributed by atoms with Gasteiger partial charge in [-0.15, -0.1) is 0 Å². The fraction of sp³-hybridized carbons (Fsp3) is 0.375. The number of aliphatic carboxylic acids is 1. The molecule has 4 nitrogen and oxygen atoms in total. The summed E-state index contributed by atoms with van der Waals surface area (Å²) in [6, 6.07) is 0. The normalized spacial score (nSPS) is 11.4. The first-order chi connectivity index (χ1) is 6.42. The van der Waals surface area contributed by atoms with Crippen LogP contribution in [-0.2, 0) is 4.79 Å². The first kappa shape index (κ1) is 11.3. The Morgan fingerprint density at radius 3 is 2.71 bits per heavy atom. The van der Waals surface area contributed by atoms with Crippen LogP contribution in [0.4, 0.5) is 0 Å². The molecule has 76 valence electrons. The summed E-state index contributed by atoms with van der Waals surface area (Å²) in [6.07, 6.45) is 2.89. The van der Waals surface area contributed by atoms with Gasteiger partial charge in [-0.3, -0.25) is 9.78 Å². The van der Waals surface area contributed by atoms with Crippen LogP contribution in [0.2, 0.25) is 5.15 Å². The molecule has 1 aromatic heterocycles. The van der Waals surface area contributed by atoms with Crippen molar-refractivity contribution in [2.24, 2.45) is 0 Å². The summed E-state index contributed by atoms with van der Waals surface area (Å²) in [4.78, 5) is 18.6. The third-order valence-corrected chi connectivity index (χ3v) is 2.73. The van der Waals surface area contributed by atoms with Crippen molar-refractivity contribution in [1.82, 2.24) is 9.97 Å². The van der Waals surface area contributed by atoms with E-state index in [-0.39, 0.29) is 5.15 Å². The molecule has 0 aliphatic heterocycles. The highest BCUT2D eigenvalue weighted by molar-refractivity contribution is 8.01. The lowest BCUT2D eigenvalue weighted by Crippen LogP contribution is -2.27. The fourth-order valence-electron chi connectivity index (χ4n) is 0.680. The maximum atomic E-state index is 10.8. The molecule has 0 amide bonds. The van der Waals surface area contributed by atoms with Gasteiger partial charge in [-0.1, -0.05) is 23.4 Å². The van der Waals surface area contributed by atoms with E-state index in [2.05, 4.69) is 9.97 Å². The van der Waals surface area contributed by atoms with Crippen LogP contribution >= 0.6 is 23.4 Å². The van der Waals surface area contributed by atoms with Crippen LogP contribution in [0.25, 0.3) is 0 Å². The number of nitrogens with zero attached hydrogens (tertiary/aromatic N) is 2. The quantitative estimate of drug-likeness (QED) is 0.809. The summed E-state index contributed by atoms with van der Waals surface area (Å²) < 4.78 is -0.931. The molecule has 0 aromatic carbocycles. The number of carboxylic acids is 1. The second-order valence-electron chi connectivity index (χ2n) is 3.10. The fourth-order valence-corrected chi connectivity index (χ4v) is 1.75. The van der Waals surface area contributed by atoms with E-state index in [4.69, 9.17) is 16.7 Å². The van der Waals surface area contributed by atoms with Crippen molar-refractivity contribution in [3.63, 3.8) is 0 Å². The van der Waals surface area contributed by atoms with E-state index in [1.165, 1.54) is 12.4 Å². The first-order valence-electron chi connectivity index (χ1n) is 3.82. The molecule has 0 saturated carbocycles. The maximum Gasteiger partial charge on any atom is 0.319 e. The van der Waals surface area contributed by atoms with Gasteiger partial charge in [-0.25, -0.2) is 4.98 Å². The molecule has 1 N–H and O–H groups in total.